The Balaban J connectivity index is 3.99. The Morgan fingerprint density at radius 3 is 2.38 bits per heavy atom. The summed E-state index contributed by atoms with van der Waals surface area (Å²) in [6.45, 7) is 7.50. The van der Waals surface area contributed by atoms with E-state index in [0.29, 0.717) is 12.4 Å². The Kier molecular flexibility index (Phi) is 7.06. The van der Waals surface area contributed by atoms with Gasteiger partial charge in [0.15, 0.2) is 0 Å². The number of hydrogen-bond donors (Lipinski definition) is 0. The Morgan fingerprint density at radius 2 is 2.00 bits per heavy atom. The zero-order chi connectivity index (χ0) is 10.3. The largest absolute Gasteiger partial charge is 0.341 e. The summed E-state index contributed by atoms with van der Waals surface area (Å²) < 4.78 is 0. The standard InChI is InChI=1S/C10H20ClNO/c1-4-5-7-12(8-6-11)10(13)9(2)3/h9H,4-8H2,1-3H3. The third kappa shape index (κ3) is 5.14. The molecule has 0 aromatic carbocycles. The monoisotopic (exact) mass is 205 g/mol. The van der Waals surface area contributed by atoms with Crippen LogP contribution in [-0.4, -0.2) is 29.8 Å². The average Bonchev–Trinajstić information content (AvgIpc) is 2.11. The van der Waals surface area contributed by atoms with E-state index in [-0.39, 0.29) is 11.8 Å². The van der Waals surface area contributed by atoms with Crippen LogP contribution in [0.5, 0.6) is 0 Å². The molecule has 0 radical (unpaired) electrons. The summed E-state index contributed by atoms with van der Waals surface area (Å²) in [5.41, 5.74) is 0. The van der Waals surface area contributed by atoms with Crippen molar-refractivity contribution in [1.29, 1.82) is 0 Å². The van der Waals surface area contributed by atoms with Gasteiger partial charge in [-0.1, -0.05) is 27.2 Å². The highest BCUT2D eigenvalue weighted by Crippen LogP contribution is 2.03. The van der Waals surface area contributed by atoms with E-state index in [1.54, 1.807) is 0 Å². The molecule has 0 atom stereocenters. The highest BCUT2D eigenvalue weighted by Gasteiger charge is 2.15. The van der Waals surface area contributed by atoms with E-state index in [2.05, 4.69) is 6.92 Å². The van der Waals surface area contributed by atoms with Gasteiger partial charge in [0.05, 0.1) is 0 Å². The maximum Gasteiger partial charge on any atom is 0.225 e. The summed E-state index contributed by atoms with van der Waals surface area (Å²) in [5.74, 6) is 0.830. The van der Waals surface area contributed by atoms with E-state index in [1.807, 2.05) is 18.7 Å². The molecule has 13 heavy (non-hydrogen) atoms. The van der Waals surface area contributed by atoms with E-state index >= 15 is 0 Å². The van der Waals surface area contributed by atoms with Gasteiger partial charge in [-0.2, -0.15) is 0 Å². The molecule has 78 valence electrons. The summed E-state index contributed by atoms with van der Waals surface area (Å²) in [6.07, 6.45) is 2.18. The number of carbonyl (C=O) groups is 1. The van der Waals surface area contributed by atoms with Gasteiger partial charge in [-0.15, -0.1) is 11.6 Å². The lowest BCUT2D eigenvalue weighted by molar-refractivity contribution is -0.134. The van der Waals surface area contributed by atoms with Crippen molar-refractivity contribution < 1.29 is 4.79 Å². The topological polar surface area (TPSA) is 20.3 Å². The van der Waals surface area contributed by atoms with Gasteiger partial charge in [0.2, 0.25) is 5.91 Å². The van der Waals surface area contributed by atoms with Crippen LogP contribution in [0.2, 0.25) is 0 Å². The second kappa shape index (κ2) is 7.19. The first-order valence-electron chi connectivity index (χ1n) is 4.98. The second-order valence-electron chi connectivity index (χ2n) is 3.52. The number of halogens is 1. The van der Waals surface area contributed by atoms with E-state index in [9.17, 15) is 4.79 Å². The quantitative estimate of drug-likeness (QED) is 0.611. The Labute approximate surface area is 86.2 Å². The fourth-order valence-corrected chi connectivity index (χ4v) is 1.35. The number of alkyl halides is 1. The minimum atomic E-state index is 0.0834. The summed E-state index contributed by atoms with van der Waals surface area (Å²) >= 11 is 5.63. The van der Waals surface area contributed by atoms with E-state index in [4.69, 9.17) is 11.6 Å². The molecule has 0 aromatic rings. The Hall–Kier alpha value is -0.240. The molecule has 0 aromatic heterocycles. The van der Waals surface area contributed by atoms with Gasteiger partial charge in [0, 0.05) is 24.9 Å². The Morgan fingerprint density at radius 1 is 1.38 bits per heavy atom. The van der Waals surface area contributed by atoms with Crippen molar-refractivity contribution >= 4 is 17.5 Å². The fraction of sp³-hybridized carbons (Fsp3) is 0.900. The van der Waals surface area contributed by atoms with Crippen LogP contribution in [0.3, 0.4) is 0 Å². The van der Waals surface area contributed by atoms with Crippen molar-refractivity contribution in [2.24, 2.45) is 5.92 Å². The summed E-state index contributed by atoms with van der Waals surface area (Å²) in [6, 6.07) is 0. The summed E-state index contributed by atoms with van der Waals surface area (Å²) in [5, 5.41) is 0. The second-order valence-corrected chi connectivity index (χ2v) is 3.90. The fourth-order valence-electron chi connectivity index (χ4n) is 1.15. The van der Waals surface area contributed by atoms with Crippen molar-refractivity contribution in [1.82, 2.24) is 4.90 Å². The number of rotatable bonds is 6. The van der Waals surface area contributed by atoms with Crippen LogP contribution in [0.1, 0.15) is 33.6 Å². The van der Waals surface area contributed by atoms with Crippen LogP contribution in [0, 0.1) is 5.92 Å². The molecular formula is C10H20ClNO. The number of hydrogen-bond acceptors (Lipinski definition) is 1. The first-order valence-corrected chi connectivity index (χ1v) is 5.51. The molecular weight excluding hydrogens is 186 g/mol. The SMILES string of the molecule is CCCCN(CCCl)C(=O)C(C)C. The van der Waals surface area contributed by atoms with Gasteiger partial charge in [0.25, 0.3) is 0 Å². The van der Waals surface area contributed by atoms with Crippen LogP contribution in [0.15, 0.2) is 0 Å². The maximum absolute atomic E-state index is 11.6. The number of carbonyl (C=O) groups excluding carboxylic acids is 1. The van der Waals surface area contributed by atoms with Crippen molar-refractivity contribution in [3.8, 4) is 0 Å². The molecule has 2 nitrogen and oxygen atoms in total. The molecule has 0 aliphatic rings. The van der Waals surface area contributed by atoms with Gasteiger partial charge >= 0.3 is 0 Å². The van der Waals surface area contributed by atoms with Crippen molar-refractivity contribution in [2.75, 3.05) is 19.0 Å². The predicted molar refractivity (Wildman–Crippen MR) is 57.0 cm³/mol. The molecule has 0 spiro atoms. The van der Waals surface area contributed by atoms with Crippen LogP contribution in [0.25, 0.3) is 0 Å². The van der Waals surface area contributed by atoms with Gasteiger partial charge in [-0.3, -0.25) is 4.79 Å². The number of amides is 1. The molecule has 0 saturated heterocycles. The van der Waals surface area contributed by atoms with Crippen molar-refractivity contribution in [3.05, 3.63) is 0 Å². The molecule has 0 N–H and O–H groups in total. The van der Waals surface area contributed by atoms with Gasteiger partial charge in [-0.05, 0) is 6.42 Å². The van der Waals surface area contributed by atoms with E-state index < -0.39 is 0 Å². The van der Waals surface area contributed by atoms with E-state index in [0.717, 1.165) is 19.4 Å². The lowest BCUT2D eigenvalue weighted by Gasteiger charge is -2.23. The van der Waals surface area contributed by atoms with Gasteiger partial charge in [0.1, 0.15) is 0 Å². The molecule has 0 bridgehead atoms. The minimum absolute atomic E-state index is 0.0834. The predicted octanol–water partition coefficient (Wildman–Crippen LogP) is 2.51. The normalized spacial score (nSPS) is 10.5. The summed E-state index contributed by atoms with van der Waals surface area (Å²) in [7, 11) is 0. The highest BCUT2D eigenvalue weighted by atomic mass is 35.5. The molecule has 0 saturated carbocycles. The number of nitrogens with zero attached hydrogens (tertiary/aromatic N) is 1. The lowest BCUT2D eigenvalue weighted by atomic mass is 10.2. The molecule has 0 fully saturated rings. The molecule has 3 heteroatoms. The van der Waals surface area contributed by atoms with Gasteiger partial charge < -0.3 is 4.90 Å². The molecule has 0 unspecified atom stereocenters. The average molecular weight is 206 g/mol. The molecule has 0 aliphatic carbocycles. The lowest BCUT2D eigenvalue weighted by Crippen LogP contribution is -2.36. The first-order chi connectivity index (χ1) is 6.13. The van der Waals surface area contributed by atoms with Crippen molar-refractivity contribution in [3.63, 3.8) is 0 Å². The minimum Gasteiger partial charge on any atom is -0.341 e. The highest BCUT2D eigenvalue weighted by molar-refractivity contribution is 6.18. The number of unbranched alkanes of at least 4 members (excludes halogenated alkanes) is 1. The third-order valence-corrected chi connectivity index (χ3v) is 2.11. The van der Waals surface area contributed by atoms with Crippen LogP contribution in [0.4, 0.5) is 0 Å². The van der Waals surface area contributed by atoms with Gasteiger partial charge in [-0.25, -0.2) is 0 Å². The first kappa shape index (κ1) is 12.8. The van der Waals surface area contributed by atoms with E-state index in [1.165, 1.54) is 0 Å². The van der Waals surface area contributed by atoms with Crippen molar-refractivity contribution in [2.45, 2.75) is 33.6 Å². The Bertz CT molecular complexity index is 148. The molecule has 1 amide bonds. The maximum atomic E-state index is 11.6. The molecule has 0 heterocycles. The molecule has 0 aliphatic heterocycles. The summed E-state index contributed by atoms with van der Waals surface area (Å²) in [4.78, 5) is 13.5. The third-order valence-electron chi connectivity index (χ3n) is 1.94. The smallest absolute Gasteiger partial charge is 0.225 e. The van der Waals surface area contributed by atoms with Crippen LogP contribution >= 0.6 is 11.6 Å². The zero-order valence-electron chi connectivity index (χ0n) is 8.85. The molecule has 0 rings (SSSR count). The van der Waals surface area contributed by atoms with Crippen LogP contribution in [-0.2, 0) is 4.79 Å². The van der Waals surface area contributed by atoms with Crippen LogP contribution < -0.4 is 0 Å². The zero-order valence-corrected chi connectivity index (χ0v) is 9.60.